The van der Waals surface area contributed by atoms with E-state index >= 15 is 0 Å². The van der Waals surface area contributed by atoms with Gasteiger partial charge in [-0.2, -0.15) is 0 Å². The van der Waals surface area contributed by atoms with Crippen LogP contribution in [-0.2, 0) is 11.3 Å². The lowest BCUT2D eigenvalue weighted by atomic mass is 9.97. The highest BCUT2D eigenvalue weighted by Crippen LogP contribution is 2.36. The van der Waals surface area contributed by atoms with Gasteiger partial charge in [-0.15, -0.1) is 0 Å². The Morgan fingerprint density at radius 3 is 2.65 bits per heavy atom. The van der Waals surface area contributed by atoms with Crippen molar-refractivity contribution in [3.8, 4) is 11.5 Å². The van der Waals surface area contributed by atoms with E-state index in [1.165, 1.54) is 0 Å². The fourth-order valence-corrected chi connectivity index (χ4v) is 3.38. The normalized spacial score (nSPS) is 20.8. The maximum Gasteiger partial charge on any atom is 0.161 e. The van der Waals surface area contributed by atoms with E-state index in [1.54, 1.807) is 14.2 Å². The number of aryl methyl sites for hydroxylation is 1. The molecular weight excluding hydrogens is 332 g/mol. The van der Waals surface area contributed by atoms with Gasteiger partial charge in [0.1, 0.15) is 6.10 Å². The summed E-state index contributed by atoms with van der Waals surface area (Å²) in [5.41, 5.74) is 3.16. The lowest BCUT2D eigenvalue weighted by Crippen LogP contribution is -2.46. The van der Waals surface area contributed by atoms with Gasteiger partial charge in [0.25, 0.3) is 0 Å². The Morgan fingerprint density at radius 2 is 2.00 bits per heavy atom. The number of aliphatic hydroxyl groups excluding tert-OH is 1. The minimum absolute atomic E-state index is 0.0448. The molecule has 1 aromatic heterocycles. The summed E-state index contributed by atoms with van der Waals surface area (Å²) in [5.74, 6) is 1.35. The summed E-state index contributed by atoms with van der Waals surface area (Å²) in [7, 11) is 3.24. The van der Waals surface area contributed by atoms with Crippen LogP contribution >= 0.6 is 0 Å². The van der Waals surface area contributed by atoms with Crippen molar-refractivity contribution in [1.29, 1.82) is 0 Å². The van der Waals surface area contributed by atoms with E-state index in [-0.39, 0.29) is 18.8 Å². The van der Waals surface area contributed by atoms with Crippen molar-refractivity contribution in [3.63, 3.8) is 0 Å². The Morgan fingerprint density at radius 1 is 1.19 bits per heavy atom. The molecule has 3 rings (SSSR count). The summed E-state index contributed by atoms with van der Waals surface area (Å²) in [6.45, 7) is 4.03. The molecule has 1 aromatic carbocycles. The molecule has 1 fully saturated rings. The third kappa shape index (κ3) is 3.98. The summed E-state index contributed by atoms with van der Waals surface area (Å²) < 4.78 is 16.6. The number of pyridine rings is 1. The molecule has 0 aliphatic carbocycles. The van der Waals surface area contributed by atoms with Crippen molar-refractivity contribution in [2.75, 3.05) is 34.0 Å². The van der Waals surface area contributed by atoms with E-state index in [9.17, 15) is 5.11 Å². The average molecular weight is 358 g/mol. The molecule has 2 heterocycles. The van der Waals surface area contributed by atoms with E-state index < -0.39 is 0 Å². The first kappa shape index (κ1) is 18.6. The number of morpholine rings is 1. The highest BCUT2D eigenvalue weighted by Gasteiger charge is 2.34. The Kier molecular flexibility index (Phi) is 6.08. The zero-order valence-electron chi connectivity index (χ0n) is 15.5. The zero-order chi connectivity index (χ0) is 18.5. The second kappa shape index (κ2) is 8.49. The molecule has 2 atom stereocenters. The molecule has 0 unspecified atom stereocenters. The molecule has 1 aliphatic heterocycles. The van der Waals surface area contributed by atoms with Gasteiger partial charge in [-0.05, 0) is 36.2 Å². The van der Waals surface area contributed by atoms with Crippen LogP contribution in [0.2, 0.25) is 0 Å². The van der Waals surface area contributed by atoms with Gasteiger partial charge < -0.3 is 19.3 Å². The smallest absolute Gasteiger partial charge is 0.161 e. The second-order valence-corrected chi connectivity index (χ2v) is 6.45. The predicted molar refractivity (Wildman–Crippen MR) is 98.5 cm³/mol. The van der Waals surface area contributed by atoms with Gasteiger partial charge in [0.2, 0.25) is 0 Å². The van der Waals surface area contributed by atoms with Crippen LogP contribution in [0.25, 0.3) is 0 Å². The SMILES string of the molecule is COc1ccc([C@@H]2[C@@H](CO)OCCN2Cc2ccc(C)cn2)cc1OC. The number of aromatic nitrogens is 1. The van der Waals surface area contributed by atoms with Crippen LogP contribution in [0.4, 0.5) is 0 Å². The van der Waals surface area contributed by atoms with Crippen molar-refractivity contribution < 1.29 is 19.3 Å². The number of ether oxygens (including phenoxy) is 3. The maximum absolute atomic E-state index is 9.85. The summed E-state index contributed by atoms with van der Waals surface area (Å²) in [6, 6.07) is 9.87. The first-order valence-electron chi connectivity index (χ1n) is 8.76. The molecule has 1 aliphatic rings. The predicted octanol–water partition coefficient (Wildman–Crippen LogP) is 2.34. The first-order valence-corrected chi connectivity index (χ1v) is 8.76. The quantitative estimate of drug-likeness (QED) is 0.855. The summed E-state index contributed by atoms with van der Waals surface area (Å²) in [4.78, 5) is 6.82. The van der Waals surface area contributed by atoms with Crippen molar-refractivity contribution in [2.45, 2.75) is 25.6 Å². The number of hydrogen-bond donors (Lipinski definition) is 1. The molecule has 6 nitrogen and oxygen atoms in total. The van der Waals surface area contributed by atoms with Gasteiger partial charge in [-0.3, -0.25) is 9.88 Å². The van der Waals surface area contributed by atoms with Crippen molar-refractivity contribution in [2.24, 2.45) is 0 Å². The summed E-state index contributed by atoms with van der Waals surface area (Å²) in [6.07, 6.45) is 1.58. The van der Waals surface area contributed by atoms with Crippen molar-refractivity contribution in [1.82, 2.24) is 9.88 Å². The molecule has 0 radical (unpaired) electrons. The van der Waals surface area contributed by atoms with E-state index in [4.69, 9.17) is 14.2 Å². The molecule has 0 bridgehead atoms. The van der Waals surface area contributed by atoms with E-state index in [0.29, 0.717) is 24.7 Å². The van der Waals surface area contributed by atoms with E-state index in [1.807, 2.05) is 37.4 Å². The van der Waals surface area contributed by atoms with E-state index in [2.05, 4.69) is 16.0 Å². The molecule has 1 N–H and O–H groups in total. The maximum atomic E-state index is 9.85. The molecule has 2 aromatic rings. The Balaban J connectivity index is 1.91. The van der Waals surface area contributed by atoms with Crippen LogP contribution in [-0.4, -0.2) is 55.1 Å². The number of aliphatic hydroxyl groups is 1. The third-order valence-electron chi connectivity index (χ3n) is 4.72. The summed E-state index contributed by atoms with van der Waals surface area (Å²) >= 11 is 0. The minimum Gasteiger partial charge on any atom is -0.493 e. The van der Waals surface area contributed by atoms with E-state index in [0.717, 1.165) is 23.4 Å². The molecule has 140 valence electrons. The van der Waals surface area contributed by atoms with Crippen LogP contribution in [0, 0.1) is 6.92 Å². The molecule has 6 heteroatoms. The van der Waals surface area contributed by atoms with Crippen molar-refractivity contribution in [3.05, 3.63) is 53.3 Å². The Bertz CT molecular complexity index is 720. The number of benzene rings is 1. The molecule has 1 saturated heterocycles. The molecule has 0 saturated carbocycles. The van der Waals surface area contributed by atoms with Gasteiger partial charge in [0.05, 0.1) is 39.2 Å². The summed E-state index contributed by atoms with van der Waals surface area (Å²) in [5, 5.41) is 9.85. The molecule has 0 spiro atoms. The van der Waals surface area contributed by atoms with Crippen molar-refractivity contribution >= 4 is 0 Å². The van der Waals surface area contributed by atoms with Gasteiger partial charge in [-0.1, -0.05) is 12.1 Å². The standard InChI is InChI=1S/C20H26N2O4/c1-14-4-6-16(21-11-14)12-22-8-9-26-19(13-23)20(22)15-5-7-17(24-2)18(10-15)25-3/h4-7,10-11,19-20,23H,8-9,12-13H2,1-3H3/t19-,20-/m1/s1. The number of nitrogens with zero attached hydrogens (tertiary/aromatic N) is 2. The number of rotatable bonds is 6. The van der Waals surface area contributed by atoms with Crippen LogP contribution in [0.15, 0.2) is 36.5 Å². The van der Waals surface area contributed by atoms with Crippen LogP contribution in [0.1, 0.15) is 22.9 Å². The van der Waals surface area contributed by atoms with Gasteiger partial charge in [0.15, 0.2) is 11.5 Å². The van der Waals surface area contributed by atoms with Gasteiger partial charge >= 0.3 is 0 Å². The van der Waals surface area contributed by atoms with Crippen LogP contribution < -0.4 is 9.47 Å². The Labute approximate surface area is 154 Å². The zero-order valence-corrected chi connectivity index (χ0v) is 15.5. The van der Waals surface area contributed by atoms with Gasteiger partial charge in [0, 0.05) is 19.3 Å². The second-order valence-electron chi connectivity index (χ2n) is 6.45. The lowest BCUT2D eigenvalue weighted by molar-refractivity contribution is -0.0964. The fraction of sp³-hybridized carbons (Fsp3) is 0.450. The highest BCUT2D eigenvalue weighted by atomic mass is 16.5. The largest absolute Gasteiger partial charge is 0.493 e. The van der Waals surface area contributed by atoms with Gasteiger partial charge in [-0.25, -0.2) is 0 Å². The minimum atomic E-state index is -0.299. The van der Waals surface area contributed by atoms with Crippen LogP contribution in [0.5, 0.6) is 11.5 Å². The monoisotopic (exact) mass is 358 g/mol. The average Bonchev–Trinajstić information content (AvgIpc) is 2.69. The first-order chi connectivity index (χ1) is 12.7. The highest BCUT2D eigenvalue weighted by molar-refractivity contribution is 5.44. The van der Waals surface area contributed by atoms with Crippen LogP contribution in [0.3, 0.4) is 0 Å². The fourth-order valence-electron chi connectivity index (χ4n) is 3.38. The third-order valence-corrected chi connectivity index (χ3v) is 4.72. The lowest BCUT2D eigenvalue weighted by Gasteiger charge is -2.40. The Hall–Kier alpha value is -2.15. The molecule has 0 amide bonds. The number of methoxy groups -OCH3 is 2. The molecular formula is C20H26N2O4. The number of hydrogen-bond acceptors (Lipinski definition) is 6. The topological polar surface area (TPSA) is 64.0 Å². The molecule has 26 heavy (non-hydrogen) atoms.